The Labute approximate surface area is 165 Å². The van der Waals surface area contributed by atoms with Crippen molar-refractivity contribution in [3.8, 4) is 17.2 Å². The van der Waals surface area contributed by atoms with Crippen LogP contribution >= 0.6 is 11.8 Å². The third kappa shape index (κ3) is 3.20. The number of carbonyl (C=O) groups is 1. The highest BCUT2D eigenvalue weighted by Gasteiger charge is 2.31. The highest BCUT2D eigenvalue weighted by Crippen LogP contribution is 2.45. The second kappa shape index (κ2) is 7.20. The molecule has 4 rings (SSSR count). The molecule has 3 aromatic rings. The lowest BCUT2D eigenvalue weighted by molar-refractivity contribution is -0.113. The van der Waals surface area contributed by atoms with Crippen molar-refractivity contribution in [1.29, 1.82) is 0 Å². The first-order chi connectivity index (χ1) is 13.5. The van der Waals surface area contributed by atoms with E-state index in [9.17, 15) is 14.3 Å². The lowest BCUT2D eigenvalue weighted by Crippen LogP contribution is -2.15. The molecule has 1 amide bonds. The van der Waals surface area contributed by atoms with Crippen LogP contribution in [-0.2, 0) is 4.79 Å². The summed E-state index contributed by atoms with van der Waals surface area (Å²) in [6.07, 6.45) is 0. The predicted octanol–water partition coefficient (Wildman–Crippen LogP) is 3.81. The average molecular weight is 399 g/mol. The van der Waals surface area contributed by atoms with E-state index in [1.807, 2.05) is 13.0 Å². The van der Waals surface area contributed by atoms with Crippen LogP contribution in [0.2, 0.25) is 0 Å². The molecular formula is C20H18FN3O3S. The predicted molar refractivity (Wildman–Crippen MR) is 106 cm³/mol. The fraction of sp³-hybridized carbons (Fsp3) is 0.200. The third-order valence-electron chi connectivity index (χ3n) is 4.59. The van der Waals surface area contributed by atoms with Gasteiger partial charge in [0.05, 0.1) is 29.5 Å². The van der Waals surface area contributed by atoms with Crippen molar-refractivity contribution in [3.63, 3.8) is 0 Å². The summed E-state index contributed by atoms with van der Waals surface area (Å²) in [4.78, 5) is 12.3. The van der Waals surface area contributed by atoms with Gasteiger partial charge >= 0.3 is 0 Å². The Morgan fingerprint density at radius 3 is 2.75 bits per heavy atom. The van der Waals surface area contributed by atoms with Gasteiger partial charge < -0.3 is 15.2 Å². The molecule has 0 bridgehead atoms. The van der Waals surface area contributed by atoms with E-state index >= 15 is 0 Å². The number of hydrogen-bond donors (Lipinski definition) is 2. The minimum atomic E-state index is -0.340. The van der Waals surface area contributed by atoms with E-state index in [1.165, 1.54) is 31.0 Å². The van der Waals surface area contributed by atoms with Gasteiger partial charge in [0.1, 0.15) is 11.6 Å². The first kappa shape index (κ1) is 18.4. The number of benzene rings is 2. The van der Waals surface area contributed by atoms with Gasteiger partial charge in [-0.25, -0.2) is 9.07 Å². The largest absolute Gasteiger partial charge is 0.504 e. The van der Waals surface area contributed by atoms with E-state index < -0.39 is 0 Å². The Balaban J connectivity index is 1.87. The van der Waals surface area contributed by atoms with Crippen LogP contribution in [0.4, 0.5) is 10.2 Å². The van der Waals surface area contributed by atoms with Crippen LogP contribution in [-0.4, -0.2) is 33.7 Å². The number of phenols is 1. The molecule has 0 aliphatic carbocycles. The minimum absolute atomic E-state index is 0.0537. The molecule has 1 aliphatic heterocycles. The van der Waals surface area contributed by atoms with E-state index in [0.717, 1.165) is 16.8 Å². The summed E-state index contributed by atoms with van der Waals surface area (Å²) < 4.78 is 20.2. The van der Waals surface area contributed by atoms with Crippen LogP contribution in [0.1, 0.15) is 22.1 Å². The van der Waals surface area contributed by atoms with Gasteiger partial charge in [-0.15, -0.1) is 11.8 Å². The van der Waals surface area contributed by atoms with Crippen molar-refractivity contribution >= 4 is 23.5 Å². The normalized spacial score (nSPS) is 16.2. The van der Waals surface area contributed by atoms with Gasteiger partial charge in [-0.3, -0.25) is 4.79 Å². The molecule has 2 heterocycles. The molecule has 8 heteroatoms. The molecule has 0 saturated carbocycles. The molecule has 0 fully saturated rings. The van der Waals surface area contributed by atoms with Crippen LogP contribution in [0, 0.1) is 12.7 Å². The zero-order valence-corrected chi connectivity index (χ0v) is 16.1. The number of aromatic hydroxyl groups is 1. The summed E-state index contributed by atoms with van der Waals surface area (Å²) in [6.45, 7) is 1.88. The number of ether oxygens (including phenoxy) is 1. The molecular weight excluding hydrogens is 381 g/mol. The Morgan fingerprint density at radius 1 is 1.29 bits per heavy atom. The summed E-state index contributed by atoms with van der Waals surface area (Å²) >= 11 is 1.48. The molecule has 0 unspecified atom stereocenters. The number of thioether (sulfide) groups is 1. The third-order valence-corrected chi connectivity index (χ3v) is 5.86. The number of nitrogens with one attached hydrogen (secondary N) is 1. The summed E-state index contributed by atoms with van der Waals surface area (Å²) in [5, 5.41) is 17.2. The quantitative estimate of drug-likeness (QED) is 0.700. The fourth-order valence-electron chi connectivity index (χ4n) is 3.27. The molecule has 28 heavy (non-hydrogen) atoms. The number of amides is 1. The zero-order chi connectivity index (χ0) is 19.8. The Kier molecular flexibility index (Phi) is 4.72. The Bertz CT molecular complexity index is 1050. The minimum Gasteiger partial charge on any atom is -0.504 e. The van der Waals surface area contributed by atoms with Crippen LogP contribution < -0.4 is 10.1 Å². The topological polar surface area (TPSA) is 76.4 Å². The number of aryl methyl sites for hydroxylation is 1. The number of phenolic OH excluding ortho intramolecular Hbond substituents is 1. The molecule has 144 valence electrons. The van der Waals surface area contributed by atoms with E-state index in [-0.39, 0.29) is 28.5 Å². The van der Waals surface area contributed by atoms with Crippen molar-refractivity contribution < 1.29 is 19.0 Å². The molecule has 0 radical (unpaired) electrons. The summed E-state index contributed by atoms with van der Waals surface area (Å²) in [5.74, 6) is 0.779. The maximum atomic E-state index is 13.3. The fourth-order valence-corrected chi connectivity index (χ4v) is 4.45. The van der Waals surface area contributed by atoms with Gasteiger partial charge in [0.2, 0.25) is 5.91 Å². The highest BCUT2D eigenvalue weighted by atomic mass is 32.2. The van der Waals surface area contributed by atoms with Gasteiger partial charge in [-0.1, -0.05) is 6.07 Å². The van der Waals surface area contributed by atoms with Crippen molar-refractivity contribution in [1.82, 2.24) is 9.78 Å². The molecule has 6 nitrogen and oxygen atoms in total. The Hall–Kier alpha value is -3.00. The number of methoxy groups -OCH3 is 1. The van der Waals surface area contributed by atoms with Crippen LogP contribution in [0.15, 0.2) is 42.5 Å². The highest BCUT2D eigenvalue weighted by molar-refractivity contribution is 8.00. The summed E-state index contributed by atoms with van der Waals surface area (Å²) in [6, 6.07) is 11.1. The maximum Gasteiger partial charge on any atom is 0.235 e. The number of carbonyl (C=O) groups excluding carboxylic acids is 1. The van der Waals surface area contributed by atoms with Crippen LogP contribution in [0.3, 0.4) is 0 Å². The van der Waals surface area contributed by atoms with E-state index in [0.29, 0.717) is 17.3 Å². The van der Waals surface area contributed by atoms with Crippen molar-refractivity contribution in [2.24, 2.45) is 0 Å². The van der Waals surface area contributed by atoms with Gasteiger partial charge in [-0.05, 0) is 48.9 Å². The lowest BCUT2D eigenvalue weighted by Gasteiger charge is -2.16. The molecule has 0 saturated heterocycles. The summed E-state index contributed by atoms with van der Waals surface area (Å²) in [5.41, 5.74) is 3.16. The van der Waals surface area contributed by atoms with Gasteiger partial charge in [0, 0.05) is 5.56 Å². The zero-order valence-electron chi connectivity index (χ0n) is 15.3. The van der Waals surface area contributed by atoms with E-state index in [1.54, 1.807) is 28.9 Å². The van der Waals surface area contributed by atoms with Crippen molar-refractivity contribution in [3.05, 3.63) is 65.1 Å². The number of halogens is 1. The number of rotatable bonds is 3. The first-order valence-electron chi connectivity index (χ1n) is 8.61. The van der Waals surface area contributed by atoms with Crippen molar-refractivity contribution in [2.75, 3.05) is 18.2 Å². The van der Waals surface area contributed by atoms with Gasteiger partial charge in [-0.2, -0.15) is 5.10 Å². The Morgan fingerprint density at radius 2 is 2.04 bits per heavy atom. The van der Waals surface area contributed by atoms with E-state index in [4.69, 9.17) is 4.74 Å². The maximum absolute atomic E-state index is 13.3. The molecule has 1 aromatic heterocycles. The molecule has 1 atom stereocenters. The standard InChI is InChI=1S/C20H18FN3O3S/c1-11-18-19(12-3-8-15(25)16(9-12)27-2)28-10-17(26)22-20(18)24(23-11)14-6-4-13(21)5-7-14/h3-9,19,25H,10H2,1-2H3,(H,22,26)/t19-/m1/s1. The second-order valence-corrected chi connectivity index (χ2v) is 7.50. The van der Waals surface area contributed by atoms with Crippen LogP contribution in [0.25, 0.3) is 5.69 Å². The van der Waals surface area contributed by atoms with Crippen LogP contribution in [0.5, 0.6) is 11.5 Å². The number of anilines is 1. The molecule has 0 spiro atoms. The number of hydrogen-bond acceptors (Lipinski definition) is 5. The second-order valence-electron chi connectivity index (χ2n) is 6.41. The molecule has 2 N–H and O–H groups in total. The SMILES string of the molecule is COc1cc([C@H]2SCC(=O)Nc3c2c(C)nn3-c2ccc(F)cc2)ccc1O. The van der Waals surface area contributed by atoms with Crippen molar-refractivity contribution in [2.45, 2.75) is 12.2 Å². The average Bonchev–Trinajstić information content (AvgIpc) is 2.89. The smallest absolute Gasteiger partial charge is 0.235 e. The first-order valence-corrected chi connectivity index (χ1v) is 9.66. The van der Waals surface area contributed by atoms with Gasteiger partial charge in [0.25, 0.3) is 0 Å². The number of aromatic nitrogens is 2. The number of fused-ring (bicyclic) bond motifs is 1. The molecule has 1 aliphatic rings. The lowest BCUT2D eigenvalue weighted by atomic mass is 10.0. The molecule has 2 aromatic carbocycles. The van der Waals surface area contributed by atoms with Gasteiger partial charge in [0.15, 0.2) is 11.5 Å². The number of nitrogens with zero attached hydrogens (tertiary/aromatic N) is 2. The summed E-state index contributed by atoms with van der Waals surface area (Å²) in [7, 11) is 1.49. The van der Waals surface area contributed by atoms with E-state index in [2.05, 4.69) is 10.4 Å². The monoisotopic (exact) mass is 399 g/mol.